The van der Waals surface area contributed by atoms with Crippen molar-refractivity contribution in [3.63, 3.8) is 0 Å². The fraction of sp³-hybridized carbons (Fsp3) is 0.667. The number of fused-ring (bicyclic) bond motifs is 1. The SMILES string of the molecule is Cc1cn2c(n1)C[C@H](CO)CC2. The van der Waals surface area contributed by atoms with Crippen molar-refractivity contribution in [1.82, 2.24) is 9.55 Å². The van der Waals surface area contributed by atoms with Crippen LogP contribution in [0, 0.1) is 12.8 Å². The van der Waals surface area contributed by atoms with Crippen LogP contribution in [-0.4, -0.2) is 21.3 Å². The molecule has 1 aliphatic rings. The van der Waals surface area contributed by atoms with Gasteiger partial charge < -0.3 is 9.67 Å². The molecular formula is C9H14N2O. The summed E-state index contributed by atoms with van der Waals surface area (Å²) in [5.41, 5.74) is 1.09. The summed E-state index contributed by atoms with van der Waals surface area (Å²) in [5, 5.41) is 8.99. The van der Waals surface area contributed by atoms with E-state index in [0.717, 1.165) is 30.9 Å². The van der Waals surface area contributed by atoms with Crippen molar-refractivity contribution >= 4 is 0 Å². The van der Waals surface area contributed by atoms with Crippen molar-refractivity contribution < 1.29 is 5.11 Å². The Bertz CT molecular complexity index is 280. The van der Waals surface area contributed by atoms with Gasteiger partial charge >= 0.3 is 0 Å². The Labute approximate surface area is 72.0 Å². The molecule has 0 saturated carbocycles. The van der Waals surface area contributed by atoms with Crippen LogP contribution < -0.4 is 0 Å². The second-order valence-electron chi connectivity index (χ2n) is 3.53. The first-order valence-electron chi connectivity index (χ1n) is 4.43. The number of rotatable bonds is 1. The molecule has 3 nitrogen and oxygen atoms in total. The molecule has 12 heavy (non-hydrogen) atoms. The molecule has 0 aromatic carbocycles. The molecule has 0 unspecified atom stereocenters. The van der Waals surface area contributed by atoms with Crippen LogP contribution in [0.25, 0.3) is 0 Å². The zero-order valence-corrected chi connectivity index (χ0v) is 7.32. The zero-order chi connectivity index (χ0) is 8.55. The molecule has 1 aromatic heterocycles. The molecule has 2 rings (SSSR count). The molecule has 66 valence electrons. The van der Waals surface area contributed by atoms with E-state index in [1.54, 1.807) is 0 Å². The van der Waals surface area contributed by atoms with Gasteiger partial charge in [-0.3, -0.25) is 0 Å². The second-order valence-corrected chi connectivity index (χ2v) is 3.53. The van der Waals surface area contributed by atoms with Gasteiger partial charge in [0.1, 0.15) is 5.82 Å². The lowest BCUT2D eigenvalue weighted by molar-refractivity contribution is 0.199. The largest absolute Gasteiger partial charge is 0.396 e. The minimum Gasteiger partial charge on any atom is -0.396 e. The van der Waals surface area contributed by atoms with Crippen molar-refractivity contribution in [2.75, 3.05) is 6.61 Å². The number of nitrogens with zero attached hydrogens (tertiary/aromatic N) is 2. The maximum Gasteiger partial charge on any atom is 0.109 e. The predicted molar refractivity (Wildman–Crippen MR) is 45.9 cm³/mol. The Kier molecular flexibility index (Phi) is 1.89. The molecule has 0 spiro atoms. The lowest BCUT2D eigenvalue weighted by Crippen LogP contribution is -2.21. The molecule has 0 aliphatic carbocycles. The summed E-state index contributed by atoms with van der Waals surface area (Å²) in [7, 11) is 0. The fourth-order valence-corrected chi connectivity index (χ4v) is 1.79. The Balaban J connectivity index is 2.22. The molecule has 3 heteroatoms. The molecule has 0 amide bonds. The molecule has 0 radical (unpaired) electrons. The Morgan fingerprint density at radius 3 is 3.33 bits per heavy atom. The van der Waals surface area contributed by atoms with Crippen LogP contribution in [0.5, 0.6) is 0 Å². The predicted octanol–water partition coefficient (Wildman–Crippen LogP) is 0.746. The standard InChI is InChI=1S/C9H14N2O/c1-7-5-11-3-2-8(6-12)4-9(11)10-7/h5,8,12H,2-4,6H2,1H3/t8-/m1/s1. The molecule has 1 N–H and O–H groups in total. The van der Waals surface area contributed by atoms with E-state index in [1.807, 2.05) is 6.92 Å². The van der Waals surface area contributed by atoms with Gasteiger partial charge in [-0.05, 0) is 19.3 Å². The first-order valence-corrected chi connectivity index (χ1v) is 4.43. The van der Waals surface area contributed by atoms with Gasteiger partial charge in [0.2, 0.25) is 0 Å². The van der Waals surface area contributed by atoms with E-state index in [-0.39, 0.29) is 0 Å². The van der Waals surface area contributed by atoms with Crippen molar-refractivity contribution in [2.45, 2.75) is 26.3 Å². The summed E-state index contributed by atoms with van der Waals surface area (Å²) in [4.78, 5) is 4.40. The highest BCUT2D eigenvalue weighted by Gasteiger charge is 2.18. The summed E-state index contributed by atoms with van der Waals surface area (Å²) in [6, 6.07) is 0. The molecular weight excluding hydrogens is 152 g/mol. The van der Waals surface area contributed by atoms with Crippen LogP contribution in [0.4, 0.5) is 0 Å². The maximum atomic E-state index is 8.99. The lowest BCUT2D eigenvalue weighted by Gasteiger charge is -2.20. The van der Waals surface area contributed by atoms with Gasteiger partial charge in [0, 0.05) is 25.8 Å². The third kappa shape index (κ3) is 1.25. The van der Waals surface area contributed by atoms with E-state index >= 15 is 0 Å². The van der Waals surface area contributed by atoms with Gasteiger partial charge in [-0.1, -0.05) is 0 Å². The minimum absolute atomic E-state index is 0.298. The van der Waals surface area contributed by atoms with Crippen molar-refractivity contribution in [1.29, 1.82) is 0 Å². The highest BCUT2D eigenvalue weighted by Crippen LogP contribution is 2.19. The number of hydrogen-bond acceptors (Lipinski definition) is 2. The summed E-state index contributed by atoms with van der Waals surface area (Å²) in [6.45, 7) is 3.33. The Morgan fingerprint density at radius 1 is 1.75 bits per heavy atom. The molecule has 1 atom stereocenters. The first kappa shape index (κ1) is 7.80. The topological polar surface area (TPSA) is 38.0 Å². The van der Waals surface area contributed by atoms with E-state index in [4.69, 9.17) is 5.11 Å². The number of aromatic nitrogens is 2. The molecule has 2 heterocycles. The average Bonchev–Trinajstić information content (AvgIpc) is 2.43. The number of hydrogen-bond donors (Lipinski definition) is 1. The van der Waals surface area contributed by atoms with Crippen LogP contribution in [0.3, 0.4) is 0 Å². The Morgan fingerprint density at radius 2 is 2.58 bits per heavy atom. The van der Waals surface area contributed by atoms with Crippen LogP contribution in [0.2, 0.25) is 0 Å². The molecule has 1 aromatic rings. The minimum atomic E-state index is 0.298. The smallest absolute Gasteiger partial charge is 0.109 e. The molecule has 0 bridgehead atoms. The fourth-order valence-electron chi connectivity index (χ4n) is 1.79. The summed E-state index contributed by atoms with van der Waals surface area (Å²) in [6.07, 6.45) is 4.10. The van der Waals surface area contributed by atoms with E-state index < -0.39 is 0 Å². The van der Waals surface area contributed by atoms with E-state index in [2.05, 4.69) is 15.7 Å². The quantitative estimate of drug-likeness (QED) is 0.668. The van der Waals surface area contributed by atoms with Gasteiger partial charge in [-0.2, -0.15) is 0 Å². The van der Waals surface area contributed by atoms with Crippen LogP contribution in [-0.2, 0) is 13.0 Å². The third-order valence-corrected chi connectivity index (χ3v) is 2.49. The molecule has 1 aliphatic heterocycles. The molecule has 0 fully saturated rings. The lowest BCUT2D eigenvalue weighted by atomic mass is 9.99. The number of aliphatic hydroxyl groups is 1. The summed E-state index contributed by atoms with van der Waals surface area (Å²) < 4.78 is 2.20. The van der Waals surface area contributed by atoms with Crippen molar-refractivity contribution in [3.8, 4) is 0 Å². The number of imidazole rings is 1. The summed E-state index contributed by atoms with van der Waals surface area (Å²) in [5.74, 6) is 1.57. The highest BCUT2D eigenvalue weighted by atomic mass is 16.3. The Hall–Kier alpha value is -0.830. The number of aliphatic hydroxyl groups excluding tert-OH is 1. The first-order chi connectivity index (χ1) is 5.79. The van der Waals surface area contributed by atoms with E-state index in [9.17, 15) is 0 Å². The van der Waals surface area contributed by atoms with E-state index in [0.29, 0.717) is 12.5 Å². The summed E-state index contributed by atoms with van der Waals surface area (Å²) >= 11 is 0. The average molecular weight is 166 g/mol. The van der Waals surface area contributed by atoms with Gasteiger partial charge in [0.05, 0.1) is 5.69 Å². The van der Waals surface area contributed by atoms with Crippen molar-refractivity contribution in [2.24, 2.45) is 5.92 Å². The van der Waals surface area contributed by atoms with E-state index in [1.165, 1.54) is 0 Å². The monoisotopic (exact) mass is 166 g/mol. The zero-order valence-electron chi connectivity index (χ0n) is 7.32. The normalized spacial score (nSPS) is 22.3. The van der Waals surface area contributed by atoms with Crippen LogP contribution >= 0.6 is 0 Å². The second kappa shape index (κ2) is 2.90. The van der Waals surface area contributed by atoms with Gasteiger partial charge in [-0.25, -0.2) is 4.98 Å². The maximum absolute atomic E-state index is 8.99. The van der Waals surface area contributed by atoms with Crippen molar-refractivity contribution in [3.05, 3.63) is 17.7 Å². The highest BCUT2D eigenvalue weighted by molar-refractivity contribution is 5.05. The van der Waals surface area contributed by atoms with Crippen LogP contribution in [0.1, 0.15) is 17.9 Å². The third-order valence-electron chi connectivity index (χ3n) is 2.49. The van der Waals surface area contributed by atoms with Gasteiger partial charge in [-0.15, -0.1) is 0 Å². The number of aryl methyl sites for hydroxylation is 2. The molecule has 0 saturated heterocycles. The van der Waals surface area contributed by atoms with Gasteiger partial charge in [0.25, 0.3) is 0 Å². The van der Waals surface area contributed by atoms with Crippen LogP contribution in [0.15, 0.2) is 6.20 Å². The van der Waals surface area contributed by atoms with Gasteiger partial charge in [0.15, 0.2) is 0 Å².